The van der Waals surface area contributed by atoms with Gasteiger partial charge in [-0.15, -0.1) is 0 Å². The number of hydrogen-bond acceptors (Lipinski definition) is 3. The number of methoxy groups -OCH3 is 1. The van der Waals surface area contributed by atoms with Crippen molar-refractivity contribution in [2.24, 2.45) is 0 Å². The molecule has 1 aliphatic rings. The van der Waals surface area contributed by atoms with Gasteiger partial charge in [0.2, 0.25) is 0 Å². The molecule has 1 aromatic heterocycles. The van der Waals surface area contributed by atoms with Crippen molar-refractivity contribution < 1.29 is 4.74 Å². The highest BCUT2D eigenvalue weighted by atomic mass is 127. The highest BCUT2D eigenvalue weighted by molar-refractivity contribution is 14.1. The van der Waals surface area contributed by atoms with Gasteiger partial charge >= 0.3 is 0 Å². The van der Waals surface area contributed by atoms with Gasteiger partial charge in [0.25, 0.3) is 5.56 Å². The zero-order valence-electron chi connectivity index (χ0n) is 10.8. The second-order valence-electron chi connectivity index (χ2n) is 4.94. The number of nitrogens with zero attached hydrogens (tertiary/aromatic N) is 1. The van der Waals surface area contributed by atoms with Crippen LogP contribution in [-0.2, 0) is 11.2 Å². The molecule has 1 fully saturated rings. The molecule has 4 nitrogen and oxygen atoms in total. The van der Waals surface area contributed by atoms with Gasteiger partial charge in [-0.25, -0.2) is 4.98 Å². The topological polar surface area (TPSA) is 55.0 Å². The largest absolute Gasteiger partial charge is 0.381 e. The van der Waals surface area contributed by atoms with Crippen LogP contribution in [0.25, 0.3) is 0 Å². The number of halogens is 1. The molecule has 1 N–H and O–H groups in total. The minimum absolute atomic E-state index is 0.00852. The molecule has 0 aliphatic heterocycles. The summed E-state index contributed by atoms with van der Waals surface area (Å²) < 4.78 is 5.98. The maximum atomic E-state index is 11.9. The summed E-state index contributed by atoms with van der Waals surface area (Å²) in [4.78, 5) is 19.5. The average Bonchev–Trinajstić information content (AvgIpc) is 2.87. The molecule has 0 aromatic carbocycles. The summed E-state index contributed by atoms with van der Waals surface area (Å²) in [5.41, 5.74) is 0.987. The van der Waals surface area contributed by atoms with Crippen LogP contribution < -0.4 is 5.56 Å². The van der Waals surface area contributed by atoms with Gasteiger partial charge in [-0.2, -0.15) is 0 Å². The van der Waals surface area contributed by atoms with Crippen molar-refractivity contribution in [1.82, 2.24) is 9.97 Å². The first-order chi connectivity index (χ1) is 8.61. The Morgan fingerprint density at radius 1 is 1.50 bits per heavy atom. The minimum atomic E-state index is -0.00852. The quantitative estimate of drug-likeness (QED) is 0.838. The molecule has 0 spiro atoms. The molecule has 1 unspecified atom stereocenters. The van der Waals surface area contributed by atoms with E-state index in [4.69, 9.17) is 4.74 Å². The number of aromatic amines is 1. The van der Waals surface area contributed by atoms with Gasteiger partial charge < -0.3 is 9.72 Å². The first kappa shape index (κ1) is 14.0. The van der Waals surface area contributed by atoms with E-state index in [9.17, 15) is 4.79 Å². The van der Waals surface area contributed by atoms with E-state index in [0.29, 0.717) is 12.3 Å². The van der Waals surface area contributed by atoms with E-state index in [1.165, 1.54) is 12.8 Å². The highest BCUT2D eigenvalue weighted by Gasteiger charge is 2.23. The summed E-state index contributed by atoms with van der Waals surface area (Å²) in [6.07, 6.45) is 5.54. The van der Waals surface area contributed by atoms with E-state index in [0.717, 1.165) is 27.9 Å². The van der Waals surface area contributed by atoms with E-state index in [-0.39, 0.29) is 11.7 Å². The van der Waals surface area contributed by atoms with E-state index < -0.39 is 0 Å². The third-order valence-corrected chi connectivity index (χ3v) is 4.61. The second kappa shape index (κ2) is 6.14. The van der Waals surface area contributed by atoms with Crippen LogP contribution in [0.3, 0.4) is 0 Å². The Hall–Kier alpha value is -0.430. The lowest BCUT2D eigenvalue weighted by Crippen LogP contribution is -2.22. The molecule has 5 heteroatoms. The van der Waals surface area contributed by atoms with Gasteiger partial charge in [-0.3, -0.25) is 4.79 Å². The molecule has 1 aromatic rings. The normalized spacial score (nSPS) is 18.2. The zero-order valence-corrected chi connectivity index (χ0v) is 13.0. The minimum Gasteiger partial charge on any atom is -0.381 e. The molecule has 0 bridgehead atoms. The van der Waals surface area contributed by atoms with Crippen LogP contribution in [0.4, 0.5) is 0 Å². The molecule has 2 rings (SSSR count). The second-order valence-corrected chi connectivity index (χ2v) is 6.02. The molecule has 100 valence electrons. The summed E-state index contributed by atoms with van der Waals surface area (Å²) in [6.45, 7) is 1.98. The van der Waals surface area contributed by atoms with Crippen LogP contribution in [0.1, 0.15) is 50.0 Å². The Kier molecular flexibility index (Phi) is 4.77. The van der Waals surface area contributed by atoms with Crippen LogP contribution in [0.5, 0.6) is 0 Å². The lowest BCUT2D eigenvalue weighted by Gasteiger charge is -2.14. The number of aromatic nitrogens is 2. The summed E-state index contributed by atoms with van der Waals surface area (Å²) >= 11 is 2.12. The van der Waals surface area contributed by atoms with Crippen LogP contribution in [-0.4, -0.2) is 23.2 Å². The first-order valence-electron chi connectivity index (χ1n) is 6.43. The molecule has 1 atom stereocenters. The van der Waals surface area contributed by atoms with Gasteiger partial charge in [0, 0.05) is 19.4 Å². The molecule has 0 radical (unpaired) electrons. The lowest BCUT2D eigenvalue weighted by molar-refractivity contribution is 0.117. The van der Waals surface area contributed by atoms with E-state index in [1.54, 1.807) is 7.11 Å². The van der Waals surface area contributed by atoms with Crippen LogP contribution in [0, 0.1) is 3.57 Å². The molecule has 0 saturated heterocycles. The Bertz CT molecular complexity index is 467. The number of nitrogens with one attached hydrogen (secondary N) is 1. The highest BCUT2D eigenvalue weighted by Crippen LogP contribution is 2.34. The fourth-order valence-corrected chi connectivity index (χ4v) is 3.14. The van der Waals surface area contributed by atoms with Crippen molar-refractivity contribution in [2.75, 3.05) is 7.11 Å². The zero-order chi connectivity index (χ0) is 13.1. The van der Waals surface area contributed by atoms with Gasteiger partial charge in [-0.1, -0.05) is 12.8 Å². The van der Waals surface area contributed by atoms with Crippen molar-refractivity contribution in [3.8, 4) is 0 Å². The Morgan fingerprint density at radius 3 is 2.78 bits per heavy atom. The molecule has 1 heterocycles. The van der Waals surface area contributed by atoms with E-state index >= 15 is 0 Å². The number of hydrogen-bond donors (Lipinski definition) is 1. The monoisotopic (exact) mass is 362 g/mol. The molecular formula is C13H19IN2O2. The molecule has 1 saturated carbocycles. The van der Waals surface area contributed by atoms with Crippen LogP contribution >= 0.6 is 22.6 Å². The summed E-state index contributed by atoms with van der Waals surface area (Å²) in [5, 5.41) is 0. The summed E-state index contributed by atoms with van der Waals surface area (Å²) in [5.74, 6) is 1.22. The predicted octanol–water partition coefficient (Wildman–Crippen LogP) is 2.61. The van der Waals surface area contributed by atoms with Gasteiger partial charge in [-0.05, 0) is 42.4 Å². The molecule has 1 aliphatic carbocycles. The SMILES string of the molecule is COC(C)Cc1nc(C2CCCC2)c(I)c(=O)[nH]1. The summed E-state index contributed by atoms with van der Waals surface area (Å²) in [7, 11) is 1.67. The number of ether oxygens (including phenoxy) is 1. The van der Waals surface area contributed by atoms with Gasteiger partial charge in [0.05, 0.1) is 15.4 Å². The van der Waals surface area contributed by atoms with Gasteiger partial charge in [0.1, 0.15) is 5.82 Å². The smallest absolute Gasteiger partial charge is 0.264 e. The molecular weight excluding hydrogens is 343 g/mol. The van der Waals surface area contributed by atoms with Crippen molar-refractivity contribution >= 4 is 22.6 Å². The molecule has 18 heavy (non-hydrogen) atoms. The molecule has 0 amide bonds. The van der Waals surface area contributed by atoms with E-state index in [2.05, 4.69) is 32.6 Å². The third-order valence-electron chi connectivity index (χ3n) is 3.56. The maximum absolute atomic E-state index is 11.9. The first-order valence-corrected chi connectivity index (χ1v) is 7.51. The summed E-state index contributed by atoms with van der Waals surface area (Å²) in [6, 6.07) is 0. The fraction of sp³-hybridized carbons (Fsp3) is 0.692. The average molecular weight is 362 g/mol. The Labute approximate surface area is 121 Å². The van der Waals surface area contributed by atoms with Crippen molar-refractivity contribution in [1.29, 1.82) is 0 Å². The van der Waals surface area contributed by atoms with Crippen molar-refractivity contribution in [3.63, 3.8) is 0 Å². The standard InChI is InChI=1S/C13H19IN2O2/c1-8(18-2)7-10-15-12(9-5-3-4-6-9)11(14)13(17)16-10/h8-9H,3-7H2,1-2H3,(H,15,16,17). The van der Waals surface area contributed by atoms with Crippen LogP contribution in [0.2, 0.25) is 0 Å². The third kappa shape index (κ3) is 3.12. The van der Waals surface area contributed by atoms with Gasteiger partial charge in [0.15, 0.2) is 0 Å². The maximum Gasteiger partial charge on any atom is 0.264 e. The van der Waals surface area contributed by atoms with Crippen molar-refractivity contribution in [2.45, 2.75) is 51.0 Å². The number of H-pyrrole nitrogens is 1. The number of rotatable bonds is 4. The van der Waals surface area contributed by atoms with Crippen LogP contribution in [0.15, 0.2) is 4.79 Å². The Balaban J connectivity index is 2.30. The predicted molar refractivity (Wildman–Crippen MR) is 79.0 cm³/mol. The van der Waals surface area contributed by atoms with E-state index in [1.807, 2.05) is 6.92 Å². The lowest BCUT2D eigenvalue weighted by atomic mass is 10.0. The van der Waals surface area contributed by atoms with Crippen molar-refractivity contribution in [3.05, 3.63) is 25.4 Å². The Morgan fingerprint density at radius 2 is 2.17 bits per heavy atom. The fourth-order valence-electron chi connectivity index (χ4n) is 2.45.